The molecule has 1 heterocycles. The smallest absolute Gasteiger partial charge is 0.0868 e. The molecule has 0 bridgehead atoms. The Kier molecular flexibility index (Phi) is 4.95. The predicted octanol–water partition coefficient (Wildman–Crippen LogP) is 2.53. The number of nitrogens with zero attached hydrogens (tertiary/aromatic N) is 2. The van der Waals surface area contributed by atoms with Crippen molar-refractivity contribution in [3.05, 3.63) is 35.9 Å². The summed E-state index contributed by atoms with van der Waals surface area (Å²) in [5.74, 6) is -0.0900. The minimum atomic E-state index is -0.282. The third-order valence-electron chi connectivity index (χ3n) is 4.01. The Bertz CT molecular complexity index is 426. The molecule has 1 fully saturated rings. The van der Waals surface area contributed by atoms with Crippen LogP contribution in [-0.2, 0) is 0 Å². The largest absolute Gasteiger partial charge is 0.392 e. The summed E-state index contributed by atoms with van der Waals surface area (Å²) in [4.78, 5) is 2.29. The highest BCUT2D eigenvalue weighted by Crippen LogP contribution is 2.30. The van der Waals surface area contributed by atoms with Gasteiger partial charge in [-0.2, -0.15) is 5.26 Å². The number of aliphatic hydroxyl groups excluding tert-OH is 1. The summed E-state index contributed by atoms with van der Waals surface area (Å²) in [5, 5.41) is 19.3. The van der Waals surface area contributed by atoms with E-state index in [1.165, 1.54) is 0 Å². The zero-order chi connectivity index (χ0) is 13.7. The summed E-state index contributed by atoms with van der Waals surface area (Å²) in [7, 11) is 0. The average Bonchev–Trinajstić information content (AvgIpc) is 2.89. The Morgan fingerprint density at radius 1 is 1.42 bits per heavy atom. The Morgan fingerprint density at radius 3 is 2.79 bits per heavy atom. The third kappa shape index (κ3) is 3.34. The van der Waals surface area contributed by atoms with E-state index in [0.29, 0.717) is 6.54 Å². The van der Waals surface area contributed by atoms with Crippen molar-refractivity contribution in [3.8, 4) is 6.07 Å². The van der Waals surface area contributed by atoms with Crippen molar-refractivity contribution in [1.29, 1.82) is 5.26 Å². The number of nitriles is 1. The van der Waals surface area contributed by atoms with Crippen LogP contribution < -0.4 is 0 Å². The van der Waals surface area contributed by atoms with Crippen molar-refractivity contribution in [2.75, 3.05) is 13.1 Å². The number of benzene rings is 1. The summed E-state index contributed by atoms with van der Waals surface area (Å²) in [5.41, 5.74) is 1.09. The van der Waals surface area contributed by atoms with Crippen molar-refractivity contribution in [2.24, 2.45) is 0 Å². The van der Waals surface area contributed by atoms with E-state index in [-0.39, 0.29) is 18.1 Å². The molecule has 0 amide bonds. The third-order valence-corrected chi connectivity index (χ3v) is 4.01. The lowest BCUT2D eigenvalue weighted by Gasteiger charge is -2.29. The average molecular weight is 258 g/mol. The molecule has 3 heteroatoms. The Labute approximate surface area is 115 Å². The highest BCUT2D eigenvalue weighted by molar-refractivity contribution is 5.27. The topological polar surface area (TPSA) is 47.3 Å². The first-order chi connectivity index (χ1) is 9.26. The summed E-state index contributed by atoms with van der Waals surface area (Å²) < 4.78 is 0. The van der Waals surface area contributed by atoms with Gasteiger partial charge in [-0.1, -0.05) is 37.3 Å². The molecule has 0 aromatic heterocycles. The SMILES string of the molecule is CC[C@@H](O)CN1CCCC1C(C#N)c1ccccc1. The van der Waals surface area contributed by atoms with Gasteiger partial charge in [-0.05, 0) is 31.4 Å². The highest BCUT2D eigenvalue weighted by atomic mass is 16.3. The van der Waals surface area contributed by atoms with Gasteiger partial charge in [0.25, 0.3) is 0 Å². The van der Waals surface area contributed by atoms with Crippen LogP contribution in [0.4, 0.5) is 0 Å². The number of aliphatic hydroxyl groups is 1. The van der Waals surface area contributed by atoms with Crippen molar-refractivity contribution >= 4 is 0 Å². The molecule has 19 heavy (non-hydrogen) atoms. The molecule has 0 saturated carbocycles. The maximum atomic E-state index is 9.84. The van der Waals surface area contributed by atoms with Crippen molar-refractivity contribution in [3.63, 3.8) is 0 Å². The van der Waals surface area contributed by atoms with Crippen LogP contribution in [0.25, 0.3) is 0 Å². The van der Waals surface area contributed by atoms with Gasteiger partial charge < -0.3 is 5.11 Å². The summed E-state index contributed by atoms with van der Waals surface area (Å²) in [6.07, 6.45) is 2.65. The molecular formula is C16H22N2O. The molecule has 1 aromatic rings. The number of hydrogen-bond donors (Lipinski definition) is 1. The molecule has 1 aliphatic rings. The second-order valence-electron chi connectivity index (χ2n) is 5.28. The van der Waals surface area contributed by atoms with E-state index < -0.39 is 0 Å². The van der Waals surface area contributed by atoms with Gasteiger partial charge in [-0.25, -0.2) is 0 Å². The molecule has 3 atom stereocenters. The van der Waals surface area contributed by atoms with Crippen LogP contribution >= 0.6 is 0 Å². The lowest BCUT2D eigenvalue weighted by molar-refractivity contribution is 0.0998. The second kappa shape index (κ2) is 6.70. The molecular weight excluding hydrogens is 236 g/mol. The molecule has 3 nitrogen and oxygen atoms in total. The molecule has 1 aromatic carbocycles. The maximum absolute atomic E-state index is 9.84. The monoisotopic (exact) mass is 258 g/mol. The van der Waals surface area contributed by atoms with Crippen molar-refractivity contribution in [1.82, 2.24) is 4.90 Å². The van der Waals surface area contributed by atoms with Crippen LogP contribution in [0.5, 0.6) is 0 Å². The van der Waals surface area contributed by atoms with Gasteiger partial charge in [-0.3, -0.25) is 4.90 Å². The van der Waals surface area contributed by atoms with E-state index in [1.54, 1.807) is 0 Å². The summed E-state index contributed by atoms with van der Waals surface area (Å²) >= 11 is 0. The van der Waals surface area contributed by atoms with Gasteiger partial charge in [0.1, 0.15) is 0 Å². The van der Waals surface area contributed by atoms with Crippen LogP contribution in [0.3, 0.4) is 0 Å². The summed E-state index contributed by atoms with van der Waals surface area (Å²) in [6, 6.07) is 12.7. The van der Waals surface area contributed by atoms with Crippen LogP contribution in [-0.4, -0.2) is 35.2 Å². The van der Waals surface area contributed by atoms with Gasteiger partial charge >= 0.3 is 0 Å². The Hall–Kier alpha value is -1.37. The first kappa shape index (κ1) is 14.0. The van der Waals surface area contributed by atoms with Gasteiger partial charge in [-0.15, -0.1) is 0 Å². The molecule has 0 aliphatic carbocycles. The molecule has 2 unspecified atom stereocenters. The van der Waals surface area contributed by atoms with Gasteiger partial charge in [0, 0.05) is 12.6 Å². The lowest BCUT2D eigenvalue weighted by atomic mass is 9.91. The van der Waals surface area contributed by atoms with E-state index in [1.807, 2.05) is 37.3 Å². The minimum Gasteiger partial charge on any atom is -0.392 e. The first-order valence-corrected chi connectivity index (χ1v) is 7.13. The van der Waals surface area contributed by atoms with E-state index in [4.69, 9.17) is 0 Å². The Morgan fingerprint density at radius 2 is 2.16 bits per heavy atom. The minimum absolute atomic E-state index is 0.0900. The number of likely N-dealkylation sites (tertiary alicyclic amines) is 1. The fourth-order valence-corrected chi connectivity index (χ4v) is 2.90. The quantitative estimate of drug-likeness (QED) is 0.883. The van der Waals surface area contributed by atoms with E-state index in [0.717, 1.165) is 31.4 Å². The van der Waals surface area contributed by atoms with Gasteiger partial charge in [0.2, 0.25) is 0 Å². The van der Waals surface area contributed by atoms with E-state index in [2.05, 4.69) is 11.0 Å². The molecule has 1 N–H and O–H groups in total. The normalized spacial score (nSPS) is 22.9. The fourth-order valence-electron chi connectivity index (χ4n) is 2.90. The number of rotatable bonds is 5. The Balaban J connectivity index is 2.12. The molecule has 1 aliphatic heterocycles. The van der Waals surface area contributed by atoms with E-state index >= 15 is 0 Å². The van der Waals surface area contributed by atoms with Crippen LogP contribution in [0.15, 0.2) is 30.3 Å². The second-order valence-corrected chi connectivity index (χ2v) is 5.28. The maximum Gasteiger partial charge on any atom is 0.0868 e. The predicted molar refractivity (Wildman–Crippen MR) is 75.7 cm³/mol. The van der Waals surface area contributed by atoms with Crippen LogP contribution in [0, 0.1) is 11.3 Å². The van der Waals surface area contributed by atoms with Crippen molar-refractivity contribution in [2.45, 2.75) is 44.2 Å². The van der Waals surface area contributed by atoms with Crippen LogP contribution in [0.1, 0.15) is 37.7 Å². The zero-order valence-corrected chi connectivity index (χ0v) is 11.5. The highest BCUT2D eigenvalue weighted by Gasteiger charge is 2.33. The molecule has 0 radical (unpaired) electrons. The number of β-amino-alcohol motifs (C(OH)–C–C–N with tert-alkyl or cyclic N) is 1. The van der Waals surface area contributed by atoms with Crippen LogP contribution in [0.2, 0.25) is 0 Å². The van der Waals surface area contributed by atoms with Gasteiger partial charge in [0.15, 0.2) is 0 Å². The standard InChI is InChI=1S/C16H22N2O/c1-2-14(19)12-18-10-6-9-16(18)15(11-17)13-7-4-3-5-8-13/h3-5,7-8,14-16,19H,2,6,9-10,12H2,1H3/t14-,15?,16?/m1/s1. The molecule has 0 spiro atoms. The van der Waals surface area contributed by atoms with E-state index in [9.17, 15) is 10.4 Å². The molecule has 102 valence electrons. The fraction of sp³-hybridized carbons (Fsp3) is 0.562. The first-order valence-electron chi connectivity index (χ1n) is 7.13. The lowest BCUT2D eigenvalue weighted by Crippen LogP contribution is -2.39. The van der Waals surface area contributed by atoms with Crippen molar-refractivity contribution < 1.29 is 5.11 Å². The molecule has 2 rings (SSSR count). The number of hydrogen-bond acceptors (Lipinski definition) is 3. The molecule has 1 saturated heterocycles. The van der Waals surface area contributed by atoms with Gasteiger partial charge in [0.05, 0.1) is 18.1 Å². The summed E-state index contributed by atoms with van der Waals surface area (Å²) in [6.45, 7) is 3.67. The zero-order valence-electron chi connectivity index (χ0n) is 11.5.